The zero-order valence-corrected chi connectivity index (χ0v) is 12.3. The van der Waals surface area contributed by atoms with Crippen LogP contribution in [-0.4, -0.2) is 30.6 Å². The highest BCUT2D eigenvalue weighted by Gasteiger charge is 2.31. The van der Waals surface area contributed by atoms with Crippen molar-refractivity contribution in [2.24, 2.45) is 0 Å². The summed E-state index contributed by atoms with van der Waals surface area (Å²) in [4.78, 5) is 2.27. The maximum absolute atomic E-state index is 12.7. The lowest BCUT2D eigenvalue weighted by atomic mass is 10.1. The first-order chi connectivity index (χ1) is 10.5. The lowest BCUT2D eigenvalue weighted by Crippen LogP contribution is -2.38. The second-order valence-corrected chi connectivity index (χ2v) is 5.45. The van der Waals surface area contributed by atoms with E-state index >= 15 is 0 Å². The van der Waals surface area contributed by atoms with Crippen LogP contribution in [0.3, 0.4) is 0 Å². The van der Waals surface area contributed by atoms with Gasteiger partial charge in [0.15, 0.2) is 0 Å². The molecule has 0 amide bonds. The van der Waals surface area contributed by atoms with Crippen molar-refractivity contribution < 1.29 is 17.9 Å². The van der Waals surface area contributed by atoms with Crippen LogP contribution in [0.1, 0.15) is 31.2 Å². The molecule has 22 heavy (non-hydrogen) atoms. The zero-order chi connectivity index (χ0) is 16.0. The van der Waals surface area contributed by atoms with Crippen molar-refractivity contribution in [2.75, 3.05) is 19.6 Å². The van der Waals surface area contributed by atoms with Crippen molar-refractivity contribution in [1.29, 1.82) is 5.26 Å². The highest BCUT2D eigenvalue weighted by atomic mass is 19.4. The van der Waals surface area contributed by atoms with Gasteiger partial charge in [-0.3, -0.25) is 0 Å². The highest BCUT2D eigenvalue weighted by molar-refractivity contribution is 5.30. The number of rotatable bonds is 5. The molecule has 2 rings (SSSR count). The summed E-state index contributed by atoms with van der Waals surface area (Å²) in [5, 5.41) is 8.51. The van der Waals surface area contributed by atoms with Crippen LogP contribution in [0.5, 0.6) is 5.75 Å². The largest absolute Gasteiger partial charge is 0.490 e. The Labute approximate surface area is 128 Å². The Kier molecular flexibility index (Phi) is 5.67. The lowest BCUT2D eigenvalue weighted by Gasteiger charge is -2.32. The molecule has 1 aromatic carbocycles. The van der Waals surface area contributed by atoms with E-state index in [0.29, 0.717) is 6.42 Å². The smallest absolute Gasteiger partial charge is 0.416 e. The third-order valence-electron chi connectivity index (χ3n) is 3.76. The van der Waals surface area contributed by atoms with Gasteiger partial charge < -0.3 is 9.64 Å². The van der Waals surface area contributed by atoms with Crippen molar-refractivity contribution in [2.45, 2.75) is 38.0 Å². The van der Waals surface area contributed by atoms with Gasteiger partial charge in [0, 0.05) is 19.5 Å². The number of nitrogens with zero attached hydrogens (tertiary/aromatic N) is 2. The minimum atomic E-state index is -4.34. The first kappa shape index (κ1) is 16.6. The van der Waals surface area contributed by atoms with E-state index < -0.39 is 11.7 Å². The summed E-state index contributed by atoms with van der Waals surface area (Å²) in [6, 6.07) is 7.16. The van der Waals surface area contributed by atoms with Gasteiger partial charge >= 0.3 is 6.18 Å². The number of halogens is 3. The molecule has 0 radical (unpaired) electrons. The van der Waals surface area contributed by atoms with Crippen molar-refractivity contribution in [3.8, 4) is 11.8 Å². The average Bonchev–Trinajstić information content (AvgIpc) is 2.49. The van der Waals surface area contributed by atoms with E-state index in [1.54, 1.807) is 6.07 Å². The number of piperidine rings is 1. The molecule has 0 spiro atoms. The van der Waals surface area contributed by atoms with Crippen LogP contribution in [0.4, 0.5) is 13.2 Å². The standard InChI is InChI=1S/C16H19F3N2O/c17-16(18,19)13-4-3-5-15(12-13)22-14-6-10-21(11-7-14)9-2-1-8-20/h3-5,12,14H,1-2,6-7,9-11H2. The van der Waals surface area contributed by atoms with Crippen molar-refractivity contribution in [1.82, 2.24) is 4.90 Å². The fourth-order valence-corrected chi connectivity index (χ4v) is 2.57. The van der Waals surface area contributed by atoms with E-state index in [4.69, 9.17) is 10.00 Å². The van der Waals surface area contributed by atoms with E-state index in [-0.39, 0.29) is 11.9 Å². The number of likely N-dealkylation sites (tertiary alicyclic amines) is 1. The molecule has 6 heteroatoms. The van der Waals surface area contributed by atoms with Gasteiger partial charge in [-0.05, 0) is 44.0 Å². The summed E-state index contributed by atoms with van der Waals surface area (Å²) in [6.07, 6.45) is -1.39. The van der Waals surface area contributed by atoms with Gasteiger partial charge in [-0.15, -0.1) is 0 Å². The minimum Gasteiger partial charge on any atom is -0.490 e. The molecule has 1 aliphatic heterocycles. The molecular weight excluding hydrogens is 293 g/mol. The van der Waals surface area contributed by atoms with Crippen LogP contribution in [0.2, 0.25) is 0 Å². The molecule has 1 fully saturated rings. The van der Waals surface area contributed by atoms with Crippen LogP contribution >= 0.6 is 0 Å². The summed E-state index contributed by atoms with van der Waals surface area (Å²) < 4.78 is 43.7. The second kappa shape index (κ2) is 7.50. The first-order valence-corrected chi connectivity index (χ1v) is 7.42. The Balaban J connectivity index is 1.82. The Hall–Kier alpha value is -1.74. The van der Waals surface area contributed by atoms with Gasteiger partial charge in [0.1, 0.15) is 11.9 Å². The van der Waals surface area contributed by atoms with Crippen LogP contribution in [0.25, 0.3) is 0 Å². The van der Waals surface area contributed by atoms with Crippen molar-refractivity contribution in [3.63, 3.8) is 0 Å². The van der Waals surface area contributed by atoms with Gasteiger partial charge in [0.2, 0.25) is 0 Å². The van der Waals surface area contributed by atoms with Crippen molar-refractivity contribution >= 4 is 0 Å². The van der Waals surface area contributed by atoms with Crippen molar-refractivity contribution in [3.05, 3.63) is 29.8 Å². The molecule has 1 aliphatic rings. The van der Waals surface area contributed by atoms with Gasteiger partial charge in [-0.2, -0.15) is 18.4 Å². The number of hydrogen-bond acceptors (Lipinski definition) is 3. The van der Waals surface area contributed by atoms with E-state index in [0.717, 1.165) is 51.0 Å². The number of hydrogen-bond donors (Lipinski definition) is 0. The SMILES string of the molecule is N#CCCCN1CCC(Oc2cccc(C(F)(F)F)c2)CC1. The second-order valence-electron chi connectivity index (χ2n) is 5.45. The summed E-state index contributed by atoms with van der Waals surface area (Å²) >= 11 is 0. The van der Waals surface area contributed by atoms with Gasteiger partial charge in [-0.25, -0.2) is 0 Å². The normalized spacial score (nSPS) is 17.2. The predicted octanol–water partition coefficient (Wildman–Crippen LogP) is 3.85. The molecule has 3 nitrogen and oxygen atoms in total. The van der Waals surface area contributed by atoms with E-state index in [1.165, 1.54) is 6.07 Å². The van der Waals surface area contributed by atoms with Crippen LogP contribution in [-0.2, 0) is 6.18 Å². The molecule has 1 heterocycles. The predicted molar refractivity (Wildman–Crippen MR) is 76.4 cm³/mol. The molecule has 0 N–H and O–H groups in total. The van der Waals surface area contributed by atoms with Gasteiger partial charge in [0.05, 0.1) is 11.6 Å². The van der Waals surface area contributed by atoms with Crippen LogP contribution in [0.15, 0.2) is 24.3 Å². The Morgan fingerprint density at radius 3 is 2.64 bits per heavy atom. The Bertz CT molecular complexity index is 517. The molecule has 0 unspecified atom stereocenters. The quantitative estimate of drug-likeness (QED) is 0.775. The molecule has 0 aliphatic carbocycles. The van der Waals surface area contributed by atoms with Gasteiger partial charge in [-0.1, -0.05) is 6.07 Å². The summed E-state index contributed by atoms with van der Waals surface area (Å²) in [7, 11) is 0. The minimum absolute atomic E-state index is 0.0456. The molecule has 120 valence electrons. The van der Waals surface area contributed by atoms with E-state index in [2.05, 4.69) is 11.0 Å². The zero-order valence-electron chi connectivity index (χ0n) is 12.3. The molecule has 0 bridgehead atoms. The summed E-state index contributed by atoms with van der Waals surface area (Å²) in [6.45, 7) is 2.61. The lowest BCUT2D eigenvalue weighted by molar-refractivity contribution is -0.137. The maximum atomic E-state index is 12.7. The molecular formula is C16H19F3N2O. The Morgan fingerprint density at radius 1 is 1.27 bits per heavy atom. The Morgan fingerprint density at radius 2 is 2.00 bits per heavy atom. The number of nitriles is 1. The van der Waals surface area contributed by atoms with E-state index in [9.17, 15) is 13.2 Å². The molecule has 1 aromatic rings. The third-order valence-corrected chi connectivity index (χ3v) is 3.76. The fourth-order valence-electron chi connectivity index (χ4n) is 2.57. The third kappa shape index (κ3) is 4.92. The topological polar surface area (TPSA) is 36.3 Å². The summed E-state index contributed by atoms with van der Waals surface area (Å²) in [5.74, 6) is 0.276. The molecule has 0 atom stereocenters. The van der Waals surface area contributed by atoms with E-state index in [1.807, 2.05) is 0 Å². The van der Waals surface area contributed by atoms with Gasteiger partial charge in [0.25, 0.3) is 0 Å². The molecule has 0 saturated carbocycles. The first-order valence-electron chi connectivity index (χ1n) is 7.42. The molecule has 0 aromatic heterocycles. The molecule has 1 saturated heterocycles. The fraction of sp³-hybridized carbons (Fsp3) is 0.562. The monoisotopic (exact) mass is 312 g/mol. The average molecular weight is 312 g/mol. The number of ether oxygens (including phenoxy) is 1. The van der Waals surface area contributed by atoms with Crippen LogP contribution in [0, 0.1) is 11.3 Å². The summed E-state index contributed by atoms with van der Waals surface area (Å²) in [5.41, 5.74) is -0.682. The number of benzene rings is 1. The number of unbranched alkanes of at least 4 members (excludes halogenated alkanes) is 1. The number of alkyl halides is 3. The highest BCUT2D eigenvalue weighted by Crippen LogP contribution is 2.32. The maximum Gasteiger partial charge on any atom is 0.416 e. The van der Waals surface area contributed by atoms with Crippen LogP contribution < -0.4 is 4.74 Å².